The number of hydrogen-bond donors (Lipinski definition) is 1. The van der Waals surface area contributed by atoms with Gasteiger partial charge in [-0.3, -0.25) is 0 Å². The Hall–Kier alpha value is -1.97. The summed E-state index contributed by atoms with van der Waals surface area (Å²) in [6.45, 7) is 4.57. The molecule has 0 bridgehead atoms. The summed E-state index contributed by atoms with van der Waals surface area (Å²) in [5.41, 5.74) is 8.51. The molecule has 84 valence electrons. The van der Waals surface area contributed by atoms with Crippen LogP contribution in [0.4, 0.5) is 5.69 Å². The molecule has 2 N–H and O–H groups in total. The van der Waals surface area contributed by atoms with Gasteiger partial charge in [-0.15, -0.1) is 0 Å². The molecule has 1 heterocycles. The maximum atomic E-state index is 5.81. The van der Waals surface area contributed by atoms with Crippen molar-refractivity contribution in [3.63, 3.8) is 0 Å². The van der Waals surface area contributed by atoms with Crippen LogP contribution >= 0.6 is 0 Å². The van der Waals surface area contributed by atoms with Crippen LogP contribution in [0, 0.1) is 6.92 Å². The first-order chi connectivity index (χ1) is 7.69. The van der Waals surface area contributed by atoms with E-state index in [2.05, 4.69) is 5.10 Å². The van der Waals surface area contributed by atoms with Crippen molar-refractivity contribution in [3.05, 3.63) is 36.2 Å². The number of anilines is 1. The Labute approximate surface area is 94.6 Å². The molecule has 4 nitrogen and oxygen atoms in total. The molecule has 4 heteroatoms. The number of aryl methyl sites for hydroxylation is 1. The molecule has 1 aromatic heterocycles. The van der Waals surface area contributed by atoms with Gasteiger partial charge in [0.25, 0.3) is 0 Å². The molecular weight excluding hydrogens is 202 g/mol. The van der Waals surface area contributed by atoms with Crippen molar-refractivity contribution >= 4 is 5.69 Å². The zero-order chi connectivity index (χ0) is 11.5. The summed E-state index contributed by atoms with van der Waals surface area (Å²) in [5, 5.41) is 4.23. The Balaban J connectivity index is 2.40. The number of nitrogen functional groups attached to an aromatic ring is 1. The second-order valence-corrected chi connectivity index (χ2v) is 3.66. The highest BCUT2D eigenvalue weighted by molar-refractivity contribution is 5.53. The second kappa shape index (κ2) is 4.26. The average Bonchev–Trinajstić information content (AvgIpc) is 2.64. The summed E-state index contributed by atoms with van der Waals surface area (Å²) in [4.78, 5) is 0. The van der Waals surface area contributed by atoms with Crippen LogP contribution in [0.1, 0.15) is 12.5 Å². The quantitative estimate of drug-likeness (QED) is 0.801. The third-order valence-electron chi connectivity index (χ3n) is 2.20. The number of nitrogens with zero attached hydrogens (tertiary/aromatic N) is 2. The van der Waals surface area contributed by atoms with E-state index in [1.165, 1.54) is 0 Å². The lowest BCUT2D eigenvalue weighted by atomic mass is 10.2. The molecule has 2 aromatic rings. The zero-order valence-corrected chi connectivity index (χ0v) is 9.47. The largest absolute Gasteiger partial charge is 0.494 e. The topological polar surface area (TPSA) is 53.1 Å². The summed E-state index contributed by atoms with van der Waals surface area (Å²) in [7, 11) is 0. The number of aromatic nitrogens is 2. The van der Waals surface area contributed by atoms with E-state index in [-0.39, 0.29) is 0 Å². The highest BCUT2D eigenvalue weighted by atomic mass is 16.5. The minimum absolute atomic E-state index is 0.626. The van der Waals surface area contributed by atoms with E-state index >= 15 is 0 Å². The fourth-order valence-electron chi connectivity index (χ4n) is 1.54. The van der Waals surface area contributed by atoms with Crippen molar-refractivity contribution < 1.29 is 4.74 Å². The molecule has 0 aliphatic rings. The molecule has 2 rings (SSSR count). The van der Waals surface area contributed by atoms with Gasteiger partial charge >= 0.3 is 0 Å². The van der Waals surface area contributed by atoms with Crippen molar-refractivity contribution in [1.82, 2.24) is 9.78 Å². The Kier molecular flexibility index (Phi) is 2.81. The van der Waals surface area contributed by atoms with Crippen LogP contribution in [0.2, 0.25) is 0 Å². The molecule has 0 atom stereocenters. The predicted octanol–water partition coefficient (Wildman–Crippen LogP) is 2.16. The second-order valence-electron chi connectivity index (χ2n) is 3.66. The monoisotopic (exact) mass is 217 g/mol. The molecule has 0 spiro atoms. The molecule has 0 radical (unpaired) electrons. The van der Waals surface area contributed by atoms with Crippen molar-refractivity contribution in [2.45, 2.75) is 13.8 Å². The molecule has 0 aliphatic heterocycles. The maximum Gasteiger partial charge on any atom is 0.123 e. The summed E-state index contributed by atoms with van der Waals surface area (Å²) < 4.78 is 7.22. The standard InChI is InChI=1S/C12H15N3O/c1-3-16-12-5-10(13)4-11(6-12)15-8-9(2)7-14-15/h4-8H,3,13H2,1-2H3. The van der Waals surface area contributed by atoms with Gasteiger partial charge < -0.3 is 10.5 Å². The van der Waals surface area contributed by atoms with Crippen molar-refractivity contribution in [1.29, 1.82) is 0 Å². The van der Waals surface area contributed by atoms with Crippen molar-refractivity contribution in [3.8, 4) is 11.4 Å². The van der Waals surface area contributed by atoms with E-state index in [4.69, 9.17) is 10.5 Å². The van der Waals surface area contributed by atoms with Crippen LogP contribution in [-0.2, 0) is 0 Å². The first-order valence-corrected chi connectivity index (χ1v) is 5.24. The molecule has 0 saturated carbocycles. The fraction of sp³-hybridized carbons (Fsp3) is 0.250. The molecule has 0 amide bonds. The predicted molar refractivity (Wildman–Crippen MR) is 63.9 cm³/mol. The van der Waals surface area contributed by atoms with Crippen molar-refractivity contribution in [2.24, 2.45) is 0 Å². The third-order valence-corrected chi connectivity index (χ3v) is 2.20. The van der Waals surface area contributed by atoms with E-state index in [9.17, 15) is 0 Å². The van der Waals surface area contributed by atoms with Gasteiger partial charge in [0.15, 0.2) is 0 Å². The van der Waals surface area contributed by atoms with Gasteiger partial charge in [-0.25, -0.2) is 4.68 Å². The van der Waals surface area contributed by atoms with Crippen molar-refractivity contribution in [2.75, 3.05) is 12.3 Å². The SMILES string of the molecule is CCOc1cc(N)cc(-n2cc(C)cn2)c1. The molecule has 0 unspecified atom stereocenters. The summed E-state index contributed by atoms with van der Waals surface area (Å²) in [6, 6.07) is 5.60. The highest BCUT2D eigenvalue weighted by Gasteiger charge is 2.02. The first-order valence-electron chi connectivity index (χ1n) is 5.24. The maximum absolute atomic E-state index is 5.81. The number of rotatable bonds is 3. The van der Waals surface area contributed by atoms with Crippen LogP contribution in [-0.4, -0.2) is 16.4 Å². The van der Waals surface area contributed by atoms with E-state index in [0.29, 0.717) is 12.3 Å². The lowest BCUT2D eigenvalue weighted by Crippen LogP contribution is -1.99. The van der Waals surface area contributed by atoms with Gasteiger partial charge in [0.1, 0.15) is 5.75 Å². The normalized spacial score (nSPS) is 10.4. The Morgan fingerprint density at radius 1 is 1.38 bits per heavy atom. The van der Waals surface area contributed by atoms with E-state index in [1.54, 1.807) is 4.68 Å². The minimum atomic E-state index is 0.626. The van der Waals surface area contributed by atoms with Gasteiger partial charge in [-0.1, -0.05) is 0 Å². The lowest BCUT2D eigenvalue weighted by Gasteiger charge is -2.08. The number of benzene rings is 1. The average molecular weight is 217 g/mol. The van der Waals surface area contributed by atoms with Gasteiger partial charge in [-0.2, -0.15) is 5.10 Å². The fourth-order valence-corrected chi connectivity index (χ4v) is 1.54. The van der Waals surface area contributed by atoms with Gasteiger partial charge in [-0.05, 0) is 25.5 Å². The molecule has 0 fully saturated rings. The van der Waals surface area contributed by atoms with Crippen LogP contribution in [0.25, 0.3) is 5.69 Å². The zero-order valence-electron chi connectivity index (χ0n) is 9.47. The number of ether oxygens (including phenoxy) is 1. The van der Waals surface area contributed by atoms with Crippen LogP contribution in [0.5, 0.6) is 5.75 Å². The molecule has 0 aliphatic carbocycles. The molecule has 0 saturated heterocycles. The van der Waals surface area contributed by atoms with E-state index < -0.39 is 0 Å². The minimum Gasteiger partial charge on any atom is -0.494 e. The van der Waals surface area contributed by atoms with E-state index in [0.717, 1.165) is 17.0 Å². The first kappa shape index (κ1) is 10.5. The van der Waals surface area contributed by atoms with Gasteiger partial charge in [0, 0.05) is 24.0 Å². The van der Waals surface area contributed by atoms with Gasteiger partial charge in [0.05, 0.1) is 18.5 Å². The van der Waals surface area contributed by atoms with Crippen LogP contribution in [0.15, 0.2) is 30.6 Å². The summed E-state index contributed by atoms with van der Waals surface area (Å²) in [6.07, 6.45) is 3.76. The third kappa shape index (κ3) is 2.16. The molecule has 16 heavy (non-hydrogen) atoms. The number of hydrogen-bond acceptors (Lipinski definition) is 3. The lowest BCUT2D eigenvalue weighted by molar-refractivity contribution is 0.340. The molecule has 1 aromatic carbocycles. The smallest absolute Gasteiger partial charge is 0.123 e. The Bertz CT molecular complexity index is 491. The number of nitrogens with two attached hydrogens (primary N) is 1. The van der Waals surface area contributed by atoms with E-state index in [1.807, 2.05) is 44.4 Å². The summed E-state index contributed by atoms with van der Waals surface area (Å²) in [5.74, 6) is 0.769. The molecular formula is C12H15N3O. The van der Waals surface area contributed by atoms with Crippen LogP contribution in [0.3, 0.4) is 0 Å². The Morgan fingerprint density at radius 2 is 2.19 bits per heavy atom. The highest BCUT2D eigenvalue weighted by Crippen LogP contribution is 2.21. The summed E-state index contributed by atoms with van der Waals surface area (Å²) >= 11 is 0. The Morgan fingerprint density at radius 3 is 2.81 bits per heavy atom. The van der Waals surface area contributed by atoms with Crippen LogP contribution < -0.4 is 10.5 Å². The van der Waals surface area contributed by atoms with Gasteiger partial charge in [0.2, 0.25) is 0 Å².